The minimum atomic E-state index is -1.36. The topological polar surface area (TPSA) is 81.7 Å². The van der Waals surface area contributed by atoms with Crippen LogP contribution in [0.2, 0.25) is 0 Å². The van der Waals surface area contributed by atoms with E-state index in [0.717, 1.165) is 0 Å². The van der Waals surface area contributed by atoms with Crippen LogP contribution in [0.25, 0.3) is 0 Å². The van der Waals surface area contributed by atoms with Gasteiger partial charge in [0.15, 0.2) is 0 Å². The fourth-order valence-corrected chi connectivity index (χ4v) is 1.40. The molecule has 1 amide bonds. The highest BCUT2D eigenvalue weighted by Crippen LogP contribution is 2.18. The van der Waals surface area contributed by atoms with Crippen LogP contribution in [0.5, 0.6) is 0 Å². The summed E-state index contributed by atoms with van der Waals surface area (Å²) in [6.07, 6.45) is -0.109. The van der Waals surface area contributed by atoms with E-state index >= 15 is 0 Å². The smallest absolute Gasteiger partial charge is 0.408 e. The van der Waals surface area contributed by atoms with Crippen molar-refractivity contribution in [1.29, 1.82) is 0 Å². The zero-order valence-electron chi connectivity index (χ0n) is 11.5. The number of alkyl carbamates (subject to hydrolysis) is 1. The van der Waals surface area contributed by atoms with Gasteiger partial charge in [0.25, 0.3) is 0 Å². The summed E-state index contributed by atoms with van der Waals surface area (Å²) in [5.74, 6) is -0.664. The molecule has 6 heteroatoms. The Morgan fingerprint density at radius 2 is 1.83 bits per heavy atom. The van der Waals surface area contributed by atoms with E-state index in [4.69, 9.17) is 4.74 Å². The second-order valence-corrected chi connectivity index (χ2v) is 4.92. The van der Waals surface area contributed by atoms with Crippen molar-refractivity contribution in [3.63, 3.8) is 0 Å². The lowest BCUT2D eigenvalue weighted by molar-refractivity contribution is -0.149. The molecule has 0 spiro atoms. The zero-order valence-corrected chi connectivity index (χ0v) is 11.5. The lowest BCUT2D eigenvalue weighted by Gasteiger charge is -2.30. The third kappa shape index (κ3) is 4.73. The molecule has 1 unspecified atom stereocenters. The summed E-state index contributed by atoms with van der Waals surface area (Å²) in [6, 6.07) is 0. The van der Waals surface area contributed by atoms with Gasteiger partial charge in [-0.1, -0.05) is 6.92 Å². The monoisotopic (exact) mass is 259 g/mol. The first-order valence-corrected chi connectivity index (χ1v) is 5.74. The van der Waals surface area contributed by atoms with Crippen molar-refractivity contribution in [1.82, 2.24) is 5.32 Å². The quantitative estimate of drug-likeness (QED) is 0.596. The maximum absolute atomic E-state index is 11.7. The minimum Gasteiger partial charge on any atom is -0.467 e. The number of methoxy groups -OCH3 is 1. The van der Waals surface area contributed by atoms with Gasteiger partial charge in [0.2, 0.25) is 0 Å². The molecule has 1 N–H and O–H groups in total. The fourth-order valence-electron chi connectivity index (χ4n) is 1.40. The van der Waals surface area contributed by atoms with Crippen molar-refractivity contribution in [3.05, 3.63) is 0 Å². The van der Waals surface area contributed by atoms with Gasteiger partial charge in [0.1, 0.15) is 17.4 Å². The van der Waals surface area contributed by atoms with Crippen molar-refractivity contribution in [3.8, 4) is 0 Å². The molecule has 0 saturated carbocycles. The highest BCUT2D eigenvalue weighted by molar-refractivity contribution is 5.88. The number of hydrogen-bond donors (Lipinski definition) is 1. The van der Waals surface area contributed by atoms with E-state index in [2.05, 4.69) is 10.1 Å². The summed E-state index contributed by atoms with van der Waals surface area (Å²) in [4.78, 5) is 34.0. The molecular weight excluding hydrogens is 238 g/mol. The van der Waals surface area contributed by atoms with Gasteiger partial charge in [0.05, 0.1) is 7.11 Å². The highest BCUT2D eigenvalue weighted by atomic mass is 16.6. The summed E-state index contributed by atoms with van der Waals surface area (Å²) in [5.41, 5.74) is -2.04. The van der Waals surface area contributed by atoms with E-state index in [0.29, 0.717) is 6.29 Å². The first-order chi connectivity index (χ1) is 8.20. The summed E-state index contributed by atoms with van der Waals surface area (Å²) in [5, 5.41) is 2.42. The van der Waals surface area contributed by atoms with Crippen LogP contribution in [-0.4, -0.2) is 36.6 Å². The van der Waals surface area contributed by atoms with Gasteiger partial charge >= 0.3 is 12.1 Å². The average molecular weight is 259 g/mol. The Bertz CT molecular complexity index is 321. The minimum absolute atomic E-state index is 0.157. The molecule has 0 aromatic rings. The number of aldehydes is 1. The van der Waals surface area contributed by atoms with Crippen molar-refractivity contribution >= 4 is 18.3 Å². The molecular formula is C12H21NO5. The molecule has 104 valence electrons. The summed E-state index contributed by atoms with van der Waals surface area (Å²) >= 11 is 0. The Morgan fingerprint density at radius 3 is 2.17 bits per heavy atom. The Kier molecular flexibility index (Phi) is 5.81. The number of nitrogens with one attached hydrogen (secondary N) is 1. The average Bonchev–Trinajstić information content (AvgIpc) is 2.24. The standard InChI is InChI=1S/C12H21NO5/c1-6-12(7-8-14,9(15)17-5)13-10(16)18-11(2,3)4/h8H,6-7H2,1-5H3,(H,13,16). The van der Waals surface area contributed by atoms with Crippen LogP contribution in [0, 0.1) is 0 Å². The van der Waals surface area contributed by atoms with E-state index in [1.165, 1.54) is 7.11 Å². The van der Waals surface area contributed by atoms with Crippen LogP contribution >= 0.6 is 0 Å². The summed E-state index contributed by atoms with van der Waals surface area (Å²) < 4.78 is 9.68. The molecule has 0 aliphatic heterocycles. The van der Waals surface area contributed by atoms with Crippen LogP contribution in [0.3, 0.4) is 0 Å². The fraction of sp³-hybridized carbons (Fsp3) is 0.750. The van der Waals surface area contributed by atoms with Crippen LogP contribution in [0.15, 0.2) is 0 Å². The van der Waals surface area contributed by atoms with Gasteiger partial charge in [-0.25, -0.2) is 9.59 Å². The van der Waals surface area contributed by atoms with E-state index in [1.54, 1.807) is 27.7 Å². The molecule has 18 heavy (non-hydrogen) atoms. The summed E-state index contributed by atoms with van der Waals surface area (Å²) in [6.45, 7) is 6.80. The number of amides is 1. The lowest BCUT2D eigenvalue weighted by atomic mass is 9.93. The van der Waals surface area contributed by atoms with E-state index in [-0.39, 0.29) is 12.8 Å². The van der Waals surface area contributed by atoms with Gasteiger partial charge in [-0.2, -0.15) is 0 Å². The predicted molar refractivity (Wildman–Crippen MR) is 65.1 cm³/mol. The van der Waals surface area contributed by atoms with E-state index in [9.17, 15) is 14.4 Å². The van der Waals surface area contributed by atoms with Crippen molar-refractivity contribution in [2.75, 3.05) is 7.11 Å². The summed E-state index contributed by atoms with van der Waals surface area (Å²) in [7, 11) is 1.20. The molecule has 0 aliphatic rings. The molecule has 0 bridgehead atoms. The largest absolute Gasteiger partial charge is 0.467 e. The molecule has 0 saturated heterocycles. The van der Waals surface area contributed by atoms with Gasteiger partial charge in [0, 0.05) is 6.42 Å². The Labute approximate surface area is 107 Å². The number of rotatable bonds is 5. The molecule has 0 heterocycles. The van der Waals surface area contributed by atoms with Crippen LogP contribution in [-0.2, 0) is 19.1 Å². The second-order valence-electron chi connectivity index (χ2n) is 4.92. The SMILES string of the molecule is CCC(CC=O)(NC(=O)OC(C)(C)C)C(=O)OC. The Morgan fingerprint density at radius 1 is 1.28 bits per heavy atom. The maximum Gasteiger partial charge on any atom is 0.408 e. The third-order valence-electron chi connectivity index (χ3n) is 2.35. The first-order valence-electron chi connectivity index (χ1n) is 5.74. The number of ether oxygens (including phenoxy) is 2. The van der Waals surface area contributed by atoms with Crippen LogP contribution < -0.4 is 5.32 Å². The number of hydrogen-bond acceptors (Lipinski definition) is 5. The first kappa shape index (κ1) is 16.4. The van der Waals surface area contributed by atoms with Crippen molar-refractivity contribution < 1.29 is 23.9 Å². The van der Waals surface area contributed by atoms with Gasteiger partial charge in [-0.05, 0) is 27.2 Å². The lowest BCUT2D eigenvalue weighted by Crippen LogP contribution is -2.56. The van der Waals surface area contributed by atoms with Crippen molar-refractivity contribution in [2.24, 2.45) is 0 Å². The van der Waals surface area contributed by atoms with Crippen molar-refractivity contribution in [2.45, 2.75) is 51.7 Å². The molecule has 0 rings (SSSR count). The molecule has 0 aliphatic carbocycles. The molecule has 1 atom stereocenters. The highest BCUT2D eigenvalue weighted by Gasteiger charge is 2.40. The van der Waals surface area contributed by atoms with Gasteiger partial charge in [-0.3, -0.25) is 0 Å². The Balaban J connectivity index is 4.94. The van der Waals surface area contributed by atoms with Crippen LogP contribution in [0.1, 0.15) is 40.5 Å². The zero-order chi connectivity index (χ0) is 14.4. The number of carbonyl (C=O) groups excluding carboxylic acids is 3. The van der Waals surface area contributed by atoms with E-state index in [1.807, 2.05) is 0 Å². The molecule has 0 fully saturated rings. The second kappa shape index (κ2) is 6.37. The van der Waals surface area contributed by atoms with Gasteiger partial charge in [-0.15, -0.1) is 0 Å². The normalized spacial score (nSPS) is 14.3. The number of esters is 1. The molecule has 0 aromatic carbocycles. The molecule has 0 aromatic heterocycles. The molecule has 0 radical (unpaired) electrons. The molecule has 6 nitrogen and oxygen atoms in total. The third-order valence-corrected chi connectivity index (χ3v) is 2.35. The number of carbonyl (C=O) groups is 3. The van der Waals surface area contributed by atoms with Crippen LogP contribution in [0.4, 0.5) is 4.79 Å². The Hall–Kier alpha value is -1.59. The maximum atomic E-state index is 11.7. The van der Waals surface area contributed by atoms with E-state index < -0.39 is 23.2 Å². The van der Waals surface area contributed by atoms with Gasteiger partial charge < -0.3 is 19.6 Å². The predicted octanol–water partition coefficient (Wildman–Crippen LogP) is 1.42.